The van der Waals surface area contributed by atoms with Crippen LogP contribution < -0.4 is 11.2 Å². The average Bonchev–Trinajstić information content (AvgIpc) is 2.14. The fourth-order valence-corrected chi connectivity index (χ4v) is 0.496. The first-order valence-electron chi connectivity index (χ1n) is 2.28. The summed E-state index contributed by atoms with van der Waals surface area (Å²) in [4.78, 5) is 0. The molecule has 0 aromatic rings. The molecule has 4 nitrogen and oxygen atoms in total. The Balaban J connectivity index is 2.57. The number of hydrazone groups is 1. The summed E-state index contributed by atoms with van der Waals surface area (Å²) in [5, 5.41) is 11.9. The number of nitrogens with one attached hydrogen (secondary N) is 1. The Bertz CT molecular complexity index is 145. The van der Waals surface area contributed by atoms with Crippen molar-refractivity contribution in [2.24, 2.45) is 16.8 Å². The van der Waals surface area contributed by atoms with Gasteiger partial charge in [-0.1, -0.05) is 0 Å². The van der Waals surface area contributed by atoms with Gasteiger partial charge in [-0.05, 0) is 0 Å². The standard InChI is InChI=1S/C4H6N4/c5-1-3-2-7-8-4(3)6/h2-4,8H,6H2/t3-,4-/m0/s1. The molecule has 4 heteroatoms. The molecule has 0 aromatic heterocycles. The van der Waals surface area contributed by atoms with Crippen LogP contribution in [0.4, 0.5) is 0 Å². The van der Waals surface area contributed by atoms with Gasteiger partial charge in [-0.2, -0.15) is 10.4 Å². The van der Waals surface area contributed by atoms with Crippen LogP contribution in [0.25, 0.3) is 0 Å². The molecule has 3 N–H and O–H groups in total. The molecule has 8 heavy (non-hydrogen) atoms. The Kier molecular flexibility index (Phi) is 1.14. The van der Waals surface area contributed by atoms with Crippen LogP contribution in [-0.2, 0) is 0 Å². The van der Waals surface area contributed by atoms with Crippen LogP contribution in [0.15, 0.2) is 5.10 Å². The Morgan fingerprint density at radius 2 is 2.62 bits per heavy atom. The first-order chi connectivity index (χ1) is 3.84. The monoisotopic (exact) mass is 110 g/mol. The van der Waals surface area contributed by atoms with Crippen molar-refractivity contribution in [1.82, 2.24) is 5.43 Å². The van der Waals surface area contributed by atoms with Gasteiger partial charge in [-0.3, -0.25) is 5.43 Å². The highest BCUT2D eigenvalue weighted by Gasteiger charge is 2.17. The molecule has 0 aromatic carbocycles. The molecular formula is C4H6N4. The zero-order valence-corrected chi connectivity index (χ0v) is 4.20. The van der Waals surface area contributed by atoms with E-state index < -0.39 is 0 Å². The van der Waals surface area contributed by atoms with E-state index in [0.717, 1.165) is 0 Å². The molecule has 1 aliphatic heterocycles. The maximum absolute atomic E-state index is 8.28. The minimum Gasteiger partial charge on any atom is -0.309 e. The first-order valence-corrected chi connectivity index (χ1v) is 2.28. The molecule has 1 aliphatic rings. The molecule has 0 radical (unpaired) electrons. The van der Waals surface area contributed by atoms with Crippen LogP contribution in [0.1, 0.15) is 0 Å². The molecule has 0 bridgehead atoms. The molecule has 1 heterocycles. The van der Waals surface area contributed by atoms with E-state index in [-0.39, 0.29) is 12.1 Å². The fraction of sp³-hybridized carbons (Fsp3) is 0.500. The number of nitrogens with zero attached hydrogens (tertiary/aromatic N) is 2. The Morgan fingerprint density at radius 1 is 1.88 bits per heavy atom. The van der Waals surface area contributed by atoms with E-state index in [1.165, 1.54) is 6.21 Å². The maximum Gasteiger partial charge on any atom is 0.118 e. The molecule has 0 amide bonds. The van der Waals surface area contributed by atoms with Gasteiger partial charge in [0.2, 0.25) is 0 Å². The number of rotatable bonds is 0. The second kappa shape index (κ2) is 1.80. The van der Waals surface area contributed by atoms with Crippen LogP contribution in [-0.4, -0.2) is 12.4 Å². The summed E-state index contributed by atoms with van der Waals surface area (Å²) in [5.41, 5.74) is 7.88. The van der Waals surface area contributed by atoms with Crippen LogP contribution in [0.3, 0.4) is 0 Å². The third-order valence-electron chi connectivity index (χ3n) is 0.995. The summed E-state index contributed by atoms with van der Waals surface area (Å²) >= 11 is 0. The Labute approximate surface area is 47.0 Å². The van der Waals surface area contributed by atoms with Crippen molar-refractivity contribution in [2.45, 2.75) is 6.17 Å². The van der Waals surface area contributed by atoms with Gasteiger partial charge in [0.1, 0.15) is 12.1 Å². The zero-order valence-electron chi connectivity index (χ0n) is 4.20. The number of nitrogens with two attached hydrogens (primary N) is 1. The summed E-state index contributed by atoms with van der Waals surface area (Å²) in [5.74, 6) is -0.255. The van der Waals surface area contributed by atoms with Crippen molar-refractivity contribution >= 4 is 6.21 Å². The van der Waals surface area contributed by atoms with Gasteiger partial charge in [0.25, 0.3) is 0 Å². The number of hydrogen-bond acceptors (Lipinski definition) is 4. The van der Waals surface area contributed by atoms with E-state index in [2.05, 4.69) is 10.5 Å². The van der Waals surface area contributed by atoms with Gasteiger partial charge >= 0.3 is 0 Å². The van der Waals surface area contributed by atoms with E-state index >= 15 is 0 Å². The van der Waals surface area contributed by atoms with Crippen LogP contribution in [0.2, 0.25) is 0 Å². The van der Waals surface area contributed by atoms with Gasteiger partial charge < -0.3 is 5.73 Å². The fourth-order valence-electron chi connectivity index (χ4n) is 0.496. The van der Waals surface area contributed by atoms with E-state index in [1.54, 1.807) is 0 Å². The Morgan fingerprint density at radius 3 is 2.88 bits per heavy atom. The second-order valence-electron chi connectivity index (χ2n) is 1.59. The lowest BCUT2D eigenvalue weighted by Crippen LogP contribution is -2.35. The van der Waals surface area contributed by atoms with Crippen LogP contribution in [0, 0.1) is 17.2 Å². The van der Waals surface area contributed by atoms with Gasteiger partial charge in [0.05, 0.1) is 6.07 Å². The SMILES string of the molecule is N#C[C@H]1C=NN[C@@H]1N. The Hall–Kier alpha value is -1.08. The smallest absolute Gasteiger partial charge is 0.118 e. The summed E-state index contributed by atoms with van der Waals surface area (Å²) in [6.45, 7) is 0. The van der Waals surface area contributed by atoms with E-state index in [0.29, 0.717) is 0 Å². The van der Waals surface area contributed by atoms with E-state index in [1.807, 2.05) is 6.07 Å². The highest BCUT2D eigenvalue weighted by molar-refractivity contribution is 5.66. The van der Waals surface area contributed by atoms with Gasteiger partial charge in [-0.15, -0.1) is 0 Å². The highest BCUT2D eigenvalue weighted by atomic mass is 15.4. The molecule has 0 saturated heterocycles. The largest absolute Gasteiger partial charge is 0.309 e. The molecule has 42 valence electrons. The van der Waals surface area contributed by atoms with E-state index in [4.69, 9.17) is 11.0 Å². The zero-order chi connectivity index (χ0) is 5.98. The highest BCUT2D eigenvalue weighted by Crippen LogP contribution is 1.98. The maximum atomic E-state index is 8.28. The van der Waals surface area contributed by atoms with Crippen molar-refractivity contribution < 1.29 is 0 Å². The molecule has 0 unspecified atom stereocenters. The molecule has 0 aliphatic carbocycles. The molecular weight excluding hydrogens is 104 g/mol. The first kappa shape index (κ1) is 5.06. The quantitative estimate of drug-likeness (QED) is 0.420. The lowest BCUT2D eigenvalue weighted by Gasteiger charge is -2.02. The molecule has 0 fully saturated rings. The van der Waals surface area contributed by atoms with Crippen molar-refractivity contribution in [3.8, 4) is 6.07 Å². The van der Waals surface area contributed by atoms with Crippen LogP contribution in [0.5, 0.6) is 0 Å². The van der Waals surface area contributed by atoms with Crippen molar-refractivity contribution in [3.63, 3.8) is 0 Å². The summed E-state index contributed by atoms with van der Waals surface area (Å²) in [6.07, 6.45) is 1.20. The average molecular weight is 110 g/mol. The molecule has 1 rings (SSSR count). The van der Waals surface area contributed by atoms with Gasteiger partial charge in [-0.25, -0.2) is 0 Å². The van der Waals surface area contributed by atoms with Gasteiger partial charge in [0, 0.05) is 6.21 Å². The van der Waals surface area contributed by atoms with E-state index in [9.17, 15) is 0 Å². The third kappa shape index (κ3) is 0.634. The van der Waals surface area contributed by atoms with Crippen molar-refractivity contribution in [2.75, 3.05) is 0 Å². The third-order valence-corrected chi connectivity index (χ3v) is 0.995. The lowest BCUT2D eigenvalue weighted by atomic mass is 10.2. The molecule has 2 atom stereocenters. The molecule has 0 saturated carbocycles. The topological polar surface area (TPSA) is 74.2 Å². The van der Waals surface area contributed by atoms with Crippen molar-refractivity contribution in [3.05, 3.63) is 0 Å². The number of nitriles is 1. The predicted octanol–water partition coefficient (Wildman–Crippen LogP) is -1.00. The summed E-state index contributed by atoms with van der Waals surface area (Å²) < 4.78 is 0. The normalized spacial score (nSPS) is 34.0. The number of hydrogen-bond donors (Lipinski definition) is 2. The summed E-state index contributed by atoms with van der Waals surface area (Å²) in [7, 11) is 0. The second-order valence-corrected chi connectivity index (χ2v) is 1.59. The van der Waals surface area contributed by atoms with Crippen molar-refractivity contribution in [1.29, 1.82) is 5.26 Å². The van der Waals surface area contributed by atoms with Gasteiger partial charge in [0.15, 0.2) is 0 Å². The summed E-state index contributed by atoms with van der Waals surface area (Å²) in [6, 6.07) is 1.98. The minimum atomic E-state index is -0.306. The molecule has 0 spiro atoms. The predicted molar refractivity (Wildman–Crippen MR) is 28.7 cm³/mol. The lowest BCUT2D eigenvalue weighted by molar-refractivity contribution is 0.555. The van der Waals surface area contributed by atoms with Crippen LogP contribution >= 0.6 is 0 Å². The minimum absolute atomic E-state index is 0.255.